The van der Waals surface area contributed by atoms with Crippen LogP contribution in [-0.2, 0) is 0 Å². The maximum atomic E-state index is 11.9. The van der Waals surface area contributed by atoms with Crippen molar-refractivity contribution in [2.24, 2.45) is 5.10 Å². The number of furan rings is 1. The maximum absolute atomic E-state index is 11.9. The molecule has 0 radical (unpaired) electrons. The molecule has 1 amide bonds. The Morgan fingerprint density at radius 1 is 1.00 bits per heavy atom. The molecule has 0 saturated heterocycles. The van der Waals surface area contributed by atoms with E-state index in [-0.39, 0.29) is 5.91 Å². The summed E-state index contributed by atoms with van der Waals surface area (Å²) < 4.78 is 5.65. The van der Waals surface area contributed by atoms with Crippen LogP contribution in [0.2, 0.25) is 15.1 Å². The van der Waals surface area contributed by atoms with Gasteiger partial charge >= 0.3 is 0 Å². The van der Waals surface area contributed by atoms with Gasteiger partial charge in [0, 0.05) is 16.1 Å². The van der Waals surface area contributed by atoms with Gasteiger partial charge in [-0.25, -0.2) is 5.43 Å². The Labute approximate surface area is 159 Å². The van der Waals surface area contributed by atoms with E-state index in [9.17, 15) is 4.79 Å². The van der Waals surface area contributed by atoms with Gasteiger partial charge in [0.15, 0.2) is 0 Å². The quantitative estimate of drug-likeness (QED) is 0.458. The van der Waals surface area contributed by atoms with Crippen LogP contribution in [0.1, 0.15) is 16.1 Å². The topological polar surface area (TPSA) is 54.6 Å². The fourth-order valence-electron chi connectivity index (χ4n) is 2.08. The lowest BCUT2D eigenvalue weighted by Gasteiger charge is -2.00. The van der Waals surface area contributed by atoms with Gasteiger partial charge in [0.1, 0.15) is 11.5 Å². The number of nitrogens with one attached hydrogen (secondary N) is 1. The van der Waals surface area contributed by atoms with Gasteiger partial charge in [-0.1, -0.05) is 40.9 Å². The smallest absolute Gasteiger partial charge is 0.271 e. The highest BCUT2D eigenvalue weighted by Crippen LogP contribution is 2.29. The van der Waals surface area contributed by atoms with Crippen molar-refractivity contribution in [2.75, 3.05) is 0 Å². The van der Waals surface area contributed by atoms with Crippen molar-refractivity contribution >= 4 is 46.9 Å². The van der Waals surface area contributed by atoms with Crippen molar-refractivity contribution in [3.8, 4) is 11.3 Å². The molecule has 0 aliphatic carbocycles. The molecular formula is C18H11Cl3N2O2. The van der Waals surface area contributed by atoms with Crippen LogP contribution in [0.3, 0.4) is 0 Å². The van der Waals surface area contributed by atoms with Gasteiger partial charge in [-0.05, 0) is 48.5 Å². The number of hydrogen-bond acceptors (Lipinski definition) is 3. The van der Waals surface area contributed by atoms with Crippen LogP contribution in [0.15, 0.2) is 64.1 Å². The Hall–Kier alpha value is -2.27. The van der Waals surface area contributed by atoms with E-state index >= 15 is 0 Å². The Bertz CT molecular complexity index is 951. The van der Waals surface area contributed by atoms with Crippen LogP contribution < -0.4 is 5.43 Å². The summed E-state index contributed by atoms with van der Waals surface area (Å²) in [6, 6.07) is 15.3. The zero-order valence-electron chi connectivity index (χ0n) is 12.7. The number of carbonyl (C=O) groups excluding carboxylic acids is 1. The molecule has 0 bridgehead atoms. The van der Waals surface area contributed by atoms with E-state index in [1.165, 1.54) is 6.21 Å². The molecule has 3 aromatic rings. The van der Waals surface area contributed by atoms with Gasteiger partial charge in [-0.3, -0.25) is 4.79 Å². The molecule has 126 valence electrons. The highest BCUT2D eigenvalue weighted by atomic mass is 35.5. The van der Waals surface area contributed by atoms with Gasteiger partial charge in [0.05, 0.1) is 16.3 Å². The van der Waals surface area contributed by atoms with Gasteiger partial charge in [0.2, 0.25) is 0 Å². The number of carbonyl (C=O) groups is 1. The zero-order chi connectivity index (χ0) is 17.8. The molecule has 0 aliphatic rings. The summed E-state index contributed by atoms with van der Waals surface area (Å²) >= 11 is 17.8. The minimum Gasteiger partial charge on any atom is -0.455 e. The van der Waals surface area contributed by atoms with Crippen molar-refractivity contribution in [1.29, 1.82) is 0 Å². The molecule has 1 N–H and O–H groups in total. The lowest BCUT2D eigenvalue weighted by atomic mass is 10.2. The van der Waals surface area contributed by atoms with Crippen molar-refractivity contribution in [1.82, 2.24) is 5.43 Å². The number of amides is 1. The molecule has 4 nitrogen and oxygen atoms in total. The summed E-state index contributed by atoms with van der Waals surface area (Å²) in [5, 5.41) is 5.28. The molecule has 0 saturated carbocycles. The van der Waals surface area contributed by atoms with E-state index in [2.05, 4.69) is 10.5 Å². The molecule has 25 heavy (non-hydrogen) atoms. The molecule has 2 aromatic carbocycles. The third kappa shape index (κ3) is 4.42. The van der Waals surface area contributed by atoms with E-state index in [0.29, 0.717) is 32.2 Å². The van der Waals surface area contributed by atoms with E-state index in [0.717, 1.165) is 5.56 Å². The number of halogens is 3. The first-order valence-electron chi connectivity index (χ1n) is 7.17. The molecule has 0 aliphatic heterocycles. The van der Waals surface area contributed by atoms with E-state index in [4.69, 9.17) is 39.2 Å². The maximum Gasteiger partial charge on any atom is 0.271 e. The van der Waals surface area contributed by atoms with Gasteiger partial charge < -0.3 is 4.42 Å². The Morgan fingerprint density at radius 2 is 1.84 bits per heavy atom. The normalized spacial score (nSPS) is 11.0. The van der Waals surface area contributed by atoms with Gasteiger partial charge in [0.25, 0.3) is 5.91 Å². The summed E-state index contributed by atoms with van der Waals surface area (Å²) in [4.78, 5) is 11.9. The monoisotopic (exact) mass is 392 g/mol. The predicted octanol–water partition coefficient (Wildman–Crippen LogP) is 5.67. The number of hydrazone groups is 1. The first kappa shape index (κ1) is 17.5. The van der Waals surface area contributed by atoms with Crippen LogP contribution in [-0.4, -0.2) is 12.1 Å². The average molecular weight is 394 g/mol. The van der Waals surface area contributed by atoms with Gasteiger partial charge in [-0.2, -0.15) is 5.10 Å². The first-order chi connectivity index (χ1) is 12.0. The van der Waals surface area contributed by atoms with Gasteiger partial charge in [-0.15, -0.1) is 0 Å². The molecule has 7 heteroatoms. The van der Waals surface area contributed by atoms with Crippen LogP contribution >= 0.6 is 34.8 Å². The third-order valence-electron chi connectivity index (χ3n) is 3.28. The Balaban J connectivity index is 1.67. The van der Waals surface area contributed by atoms with E-state index < -0.39 is 0 Å². The van der Waals surface area contributed by atoms with E-state index in [1.54, 1.807) is 54.6 Å². The molecule has 0 fully saturated rings. The van der Waals surface area contributed by atoms with Crippen molar-refractivity contribution in [3.63, 3.8) is 0 Å². The van der Waals surface area contributed by atoms with Crippen molar-refractivity contribution in [2.45, 2.75) is 0 Å². The summed E-state index contributed by atoms with van der Waals surface area (Å²) in [6.45, 7) is 0. The van der Waals surface area contributed by atoms with Crippen LogP contribution in [0.5, 0.6) is 0 Å². The lowest BCUT2D eigenvalue weighted by molar-refractivity contribution is 0.0955. The van der Waals surface area contributed by atoms with Crippen molar-refractivity contribution < 1.29 is 9.21 Å². The summed E-state index contributed by atoms with van der Waals surface area (Å²) in [7, 11) is 0. The standard InChI is InChI=1S/C18H11Cl3N2O2/c19-13-3-1-2-12(8-13)18(24)23-22-10-14-5-7-17(25-14)11-4-6-15(20)16(21)9-11/h1-10H,(H,23,24)/b22-10-. The fourth-order valence-corrected chi connectivity index (χ4v) is 2.56. The molecule has 3 rings (SSSR count). The lowest BCUT2D eigenvalue weighted by Crippen LogP contribution is -2.17. The Morgan fingerprint density at radius 3 is 2.60 bits per heavy atom. The highest BCUT2D eigenvalue weighted by Gasteiger charge is 2.07. The molecule has 1 heterocycles. The van der Waals surface area contributed by atoms with Crippen LogP contribution in [0.4, 0.5) is 0 Å². The first-order valence-corrected chi connectivity index (χ1v) is 8.30. The second-order valence-corrected chi connectivity index (χ2v) is 6.29. The average Bonchev–Trinajstić information content (AvgIpc) is 3.06. The molecule has 1 aromatic heterocycles. The van der Waals surface area contributed by atoms with Crippen LogP contribution in [0, 0.1) is 0 Å². The minimum absolute atomic E-state index is 0.366. The third-order valence-corrected chi connectivity index (χ3v) is 4.25. The summed E-state index contributed by atoms with van der Waals surface area (Å²) in [5.41, 5.74) is 3.62. The Kier molecular flexibility index (Phi) is 5.43. The van der Waals surface area contributed by atoms with Crippen molar-refractivity contribution in [3.05, 3.63) is 81.0 Å². The fraction of sp³-hybridized carbons (Fsp3) is 0. The SMILES string of the molecule is O=C(N/N=C\c1ccc(-c2ccc(Cl)c(Cl)c2)o1)c1cccc(Cl)c1. The van der Waals surface area contributed by atoms with Crippen LogP contribution in [0.25, 0.3) is 11.3 Å². The minimum atomic E-state index is -0.366. The number of rotatable bonds is 4. The second-order valence-electron chi connectivity index (χ2n) is 5.04. The number of benzene rings is 2. The predicted molar refractivity (Wildman–Crippen MR) is 101 cm³/mol. The molecular weight excluding hydrogens is 383 g/mol. The summed E-state index contributed by atoms with van der Waals surface area (Å²) in [6.07, 6.45) is 1.41. The zero-order valence-corrected chi connectivity index (χ0v) is 14.9. The molecule has 0 spiro atoms. The molecule has 0 unspecified atom stereocenters. The number of hydrogen-bond donors (Lipinski definition) is 1. The molecule has 0 atom stereocenters. The summed E-state index contributed by atoms with van der Waals surface area (Å²) in [5.74, 6) is 0.726. The highest BCUT2D eigenvalue weighted by molar-refractivity contribution is 6.42. The number of nitrogens with zero attached hydrogens (tertiary/aromatic N) is 1. The van der Waals surface area contributed by atoms with E-state index in [1.807, 2.05) is 0 Å². The second kappa shape index (κ2) is 7.74. The largest absolute Gasteiger partial charge is 0.455 e.